The van der Waals surface area contributed by atoms with Gasteiger partial charge in [-0.05, 0) is 18.6 Å². The van der Waals surface area contributed by atoms with E-state index in [0.717, 1.165) is 12.1 Å². The predicted molar refractivity (Wildman–Crippen MR) is 69.2 cm³/mol. The number of hydrogen-bond acceptors (Lipinski definition) is 5. The van der Waals surface area contributed by atoms with Gasteiger partial charge in [-0.15, -0.1) is 0 Å². The zero-order chi connectivity index (χ0) is 14.0. The molecule has 100 valence electrons. The molecule has 19 heavy (non-hydrogen) atoms. The van der Waals surface area contributed by atoms with Crippen molar-refractivity contribution in [2.75, 3.05) is 10.7 Å². The van der Waals surface area contributed by atoms with E-state index in [1.54, 1.807) is 0 Å². The molecule has 0 aliphatic heterocycles. The van der Waals surface area contributed by atoms with Crippen LogP contribution in [0.2, 0.25) is 5.02 Å². The van der Waals surface area contributed by atoms with Gasteiger partial charge >= 0.3 is 0 Å². The van der Waals surface area contributed by atoms with Gasteiger partial charge in [-0.1, -0.05) is 11.6 Å². The Kier molecular flexibility index (Phi) is 3.77. The second-order valence-corrected chi connectivity index (χ2v) is 4.15. The van der Waals surface area contributed by atoms with E-state index in [9.17, 15) is 8.78 Å². The van der Waals surface area contributed by atoms with E-state index in [1.165, 1.54) is 13.1 Å². The van der Waals surface area contributed by atoms with Gasteiger partial charge in [-0.25, -0.2) is 19.6 Å². The standard InChI is InChI=1S/C11H10ClF2N5/c1-5-2-8(14)9(3-7(5)13)17-10-6(12)4-16-11(18-10)19-15/h2-4H,15H2,1H3,(H2,16,17,18,19). The fraction of sp³-hybridized carbons (Fsp3) is 0.0909. The molecule has 1 heterocycles. The van der Waals surface area contributed by atoms with Gasteiger partial charge in [0, 0.05) is 6.07 Å². The lowest BCUT2D eigenvalue weighted by Gasteiger charge is -2.10. The summed E-state index contributed by atoms with van der Waals surface area (Å²) in [6.45, 7) is 1.47. The Labute approximate surface area is 112 Å². The average Bonchev–Trinajstić information content (AvgIpc) is 2.38. The van der Waals surface area contributed by atoms with E-state index in [-0.39, 0.29) is 28.0 Å². The van der Waals surface area contributed by atoms with E-state index >= 15 is 0 Å². The van der Waals surface area contributed by atoms with Crippen LogP contribution >= 0.6 is 11.6 Å². The summed E-state index contributed by atoms with van der Waals surface area (Å²) in [5, 5.41) is 2.74. The Morgan fingerprint density at radius 2 is 2.00 bits per heavy atom. The van der Waals surface area contributed by atoms with Crippen molar-refractivity contribution in [2.45, 2.75) is 6.92 Å². The zero-order valence-electron chi connectivity index (χ0n) is 9.84. The highest BCUT2D eigenvalue weighted by Crippen LogP contribution is 2.26. The van der Waals surface area contributed by atoms with Crippen LogP contribution in [0.3, 0.4) is 0 Å². The molecular formula is C11H10ClF2N5. The van der Waals surface area contributed by atoms with Crippen molar-refractivity contribution in [1.29, 1.82) is 0 Å². The van der Waals surface area contributed by atoms with Gasteiger partial charge in [0.25, 0.3) is 0 Å². The topological polar surface area (TPSA) is 75.9 Å². The first-order chi connectivity index (χ1) is 9.01. The monoisotopic (exact) mass is 285 g/mol. The fourth-order valence-corrected chi connectivity index (χ4v) is 1.53. The lowest BCUT2D eigenvalue weighted by Crippen LogP contribution is -2.11. The third-order valence-electron chi connectivity index (χ3n) is 2.37. The summed E-state index contributed by atoms with van der Waals surface area (Å²) in [7, 11) is 0. The molecule has 8 heteroatoms. The maximum atomic E-state index is 13.7. The van der Waals surface area contributed by atoms with Crippen LogP contribution in [0.4, 0.5) is 26.2 Å². The Morgan fingerprint density at radius 1 is 1.26 bits per heavy atom. The van der Waals surface area contributed by atoms with E-state index in [1.807, 2.05) is 0 Å². The number of aromatic nitrogens is 2. The van der Waals surface area contributed by atoms with Crippen molar-refractivity contribution in [1.82, 2.24) is 9.97 Å². The third kappa shape index (κ3) is 2.88. The maximum Gasteiger partial charge on any atom is 0.239 e. The second kappa shape index (κ2) is 5.33. The van der Waals surface area contributed by atoms with Gasteiger partial charge in [-0.3, -0.25) is 5.43 Å². The quantitative estimate of drug-likeness (QED) is 0.597. The number of anilines is 3. The molecule has 0 saturated carbocycles. The normalized spacial score (nSPS) is 10.4. The minimum absolute atomic E-state index is 0.0772. The van der Waals surface area contributed by atoms with Crippen molar-refractivity contribution in [3.05, 3.63) is 40.6 Å². The first-order valence-electron chi connectivity index (χ1n) is 5.23. The van der Waals surface area contributed by atoms with Crippen LogP contribution in [0.15, 0.2) is 18.3 Å². The fourth-order valence-electron chi connectivity index (χ4n) is 1.39. The van der Waals surface area contributed by atoms with E-state index < -0.39 is 11.6 Å². The molecule has 1 aromatic carbocycles. The molecule has 0 spiro atoms. The highest BCUT2D eigenvalue weighted by atomic mass is 35.5. The summed E-state index contributed by atoms with van der Waals surface area (Å²) < 4.78 is 27.1. The summed E-state index contributed by atoms with van der Waals surface area (Å²) >= 11 is 5.85. The number of nitrogen functional groups attached to an aromatic ring is 1. The lowest BCUT2D eigenvalue weighted by molar-refractivity contribution is 0.595. The highest BCUT2D eigenvalue weighted by Gasteiger charge is 2.11. The molecule has 0 bridgehead atoms. The van der Waals surface area contributed by atoms with Crippen LogP contribution in [-0.4, -0.2) is 9.97 Å². The van der Waals surface area contributed by atoms with Crippen molar-refractivity contribution < 1.29 is 8.78 Å². The van der Waals surface area contributed by atoms with Crippen LogP contribution in [0.25, 0.3) is 0 Å². The molecule has 4 N–H and O–H groups in total. The Bertz CT molecular complexity index is 620. The average molecular weight is 286 g/mol. The van der Waals surface area contributed by atoms with Gasteiger partial charge in [-0.2, -0.15) is 4.98 Å². The SMILES string of the molecule is Cc1cc(F)c(Nc2nc(NN)ncc2Cl)cc1F. The summed E-state index contributed by atoms with van der Waals surface area (Å²) in [6.07, 6.45) is 1.29. The molecule has 0 aliphatic carbocycles. The molecule has 0 saturated heterocycles. The Morgan fingerprint density at radius 3 is 2.68 bits per heavy atom. The van der Waals surface area contributed by atoms with Crippen LogP contribution in [0.5, 0.6) is 0 Å². The molecular weight excluding hydrogens is 276 g/mol. The summed E-state index contributed by atoms with van der Waals surface area (Å²) in [4.78, 5) is 7.67. The van der Waals surface area contributed by atoms with E-state index in [4.69, 9.17) is 17.4 Å². The largest absolute Gasteiger partial charge is 0.336 e. The molecule has 5 nitrogen and oxygen atoms in total. The Hall–Kier alpha value is -1.99. The molecule has 1 aromatic heterocycles. The number of hydrazine groups is 1. The summed E-state index contributed by atoms with van der Waals surface area (Å²) in [6, 6.07) is 2.10. The zero-order valence-corrected chi connectivity index (χ0v) is 10.6. The van der Waals surface area contributed by atoms with Crippen LogP contribution in [-0.2, 0) is 0 Å². The third-order valence-corrected chi connectivity index (χ3v) is 2.65. The molecule has 0 unspecified atom stereocenters. The minimum atomic E-state index is -0.615. The number of aryl methyl sites for hydroxylation is 1. The number of nitrogens with two attached hydrogens (primary N) is 1. The minimum Gasteiger partial charge on any atom is -0.336 e. The molecule has 0 aliphatic rings. The van der Waals surface area contributed by atoms with Gasteiger partial charge in [0.15, 0.2) is 5.82 Å². The molecule has 2 rings (SSSR count). The van der Waals surface area contributed by atoms with Crippen molar-refractivity contribution in [3.63, 3.8) is 0 Å². The van der Waals surface area contributed by atoms with Gasteiger partial charge < -0.3 is 5.32 Å². The second-order valence-electron chi connectivity index (χ2n) is 3.74. The summed E-state index contributed by atoms with van der Waals surface area (Å²) in [5.74, 6) is 4.22. The number of nitrogens with one attached hydrogen (secondary N) is 2. The van der Waals surface area contributed by atoms with Crippen molar-refractivity contribution >= 4 is 29.1 Å². The van der Waals surface area contributed by atoms with E-state index in [2.05, 4.69) is 20.7 Å². The predicted octanol–water partition coefficient (Wildman–Crippen LogP) is 2.75. The molecule has 2 aromatic rings. The van der Waals surface area contributed by atoms with Crippen LogP contribution in [0.1, 0.15) is 5.56 Å². The van der Waals surface area contributed by atoms with Gasteiger partial charge in [0.05, 0.1) is 11.9 Å². The maximum absolute atomic E-state index is 13.7. The lowest BCUT2D eigenvalue weighted by atomic mass is 10.2. The number of nitrogens with zero attached hydrogens (tertiary/aromatic N) is 2. The highest BCUT2D eigenvalue weighted by molar-refractivity contribution is 6.32. The number of halogens is 3. The molecule has 0 atom stereocenters. The van der Waals surface area contributed by atoms with Crippen molar-refractivity contribution in [2.24, 2.45) is 5.84 Å². The van der Waals surface area contributed by atoms with E-state index in [0.29, 0.717) is 0 Å². The van der Waals surface area contributed by atoms with Gasteiger partial charge in [0.2, 0.25) is 5.95 Å². The first-order valence-corrected chi connectivity index (χ1v) is 5.61. The number of rotatable bonds is 3. The van der Waals surface area contributed by atoms with Gasteiger partial charge in [0.1, 0.15) is 16.7 Å². The molecule has 0 radical (unpaired) electrons. The first kappa shape index (κ1) is 13.4. The molecule has 0 amide bonds. The molecule has 0 fully saturated rings. The van der Waals surface area contributed by atoms with Crippen molar-refractivity contribution in [3.8, 4) is 0 Å². The smallest absolute Gasteiger partial charge is 0.239 e. The Balaban J connectivity index is 2.38. The van der Waals surface area contributed by atoms with Crippen LogP contribution < -0.4 is 16.6 Å². The van der Waals surface area contributed by atoms with Crippen LogP contribution in [0, 0.1) is 18.6 Å². The number of hydrogen-bond donors (Lipinski definition) is 3. The number of benzene rings is 1. The summed E-state index contributed by atoms with van der Waals surface area (Å²) in [5.41, 5.74) is 2.36.